The Morgan fingerprint density at radius 3 is 2.92 bits per heavy atom. The molecule has 1 aliphatic heterocycles. The van der Waals surface area contributed by atoms with Gasteiger partial charge in [-0.1, -0.05) is 13.8 Å². The van der Waals surface area contributed by atoms with Crippen molar-refractivity contribution >= 4 is 11.9 Å². The van der Waals surface area contributed by atoms with Crippen molar-refractivity contribution in [1.29, 1.82) is 0 Å². The minimum atomic E-state index is -0.415. The van der Waals surface area contributed by atoms with Gasteiger partial charge in [0.25, 0.3) is 0 Å². The average Bonchev–Trinajstić information content (AvgIpc) is 2.50. The van der Waals surface area contributed by atoms with Crippen LogP contribution in [-0.4, -0.2) is 24.5 Å². The third-order valence-corrected chi connectivity index (χ3v) is 2.31. The molecular weight excluding hydrogens is 170 g/mol. The Bertz CT molecular complexity index is 215. The molecule has 1 amide bonds. The van der Waals surface area contributed by atoms with Gasteiger partial charge in [0.1, 0.15) is 6.04 Å². The second kappa shape index (κ2) is 4.25. The van der Waals surface area contributed by atoms with E-state index in [2.05, 4.69) is 5.32 Å². The summed E-state index contributed by atoms with van der Waals surface area (Å²) < 4.78 is 4.73. The molecule has 0 radical (unpaired) electrons. The van der Waals surface area contributed by atoms with E-state index in [4.69, 9.17) is 4.74 Å². The molecule has 1 saturated heterocycles. The topological polar surface area (TPSA) is 55.4 Å². The summed E-state index contributed by atoms with van der Waals surface area (Å²) in [5, 5.41) is 2.67. The van der Waals surface area contributed by atoms with E-state index in [1.54, 1.807) is 0 Å². The van der Waals surface area contributed by atoms with Crippen LogP contribution >= 0.6 is 0 Å². The quantitative estimate of drug-likeness (QED) is 0.650. The fourth-order valence-electron chi connectivity index (χ4n) is 1.13. The van der Waals surface area contributed by atoms with Crippen LogP contribution < -0.4 is 5.32 Å². The molecule has 0 saturated carbocycles. The van der Waals surface area contributed by atoms with E-state index in [-0.39, 0.29) is 17.8 Å². The molecule has 0 aliphatic carbocycles. The first-order chi connectivity index (χ1) is 6.15. The van der Waals surface area contributed by atoms with Gasteiger partial charge in [-0.15, -0.1) is 0 Å². The summed E-state index contributed by atoms with van der Waals surface area (Å²) in [6.07, 6.45) is 1.38. The summed E-state index contributed by atoms with van der Waals surface area (Å²) in [6.45, 7) is 4.21. The van der Waals surface area contributed by atoms with Gasteiger partial charge in [-0.05, 0) is 6.42 Å². The smallest absolute Gasteiger partial charge is 0.328 e. The van der Waals surface area contributed by atoms with Crippen molar-refractivity contribution in [3.05, 3.63) is 0 Å². The Kier molecular flexibility index (Phi) is 3.28. The van der Waals surface area contributed by atoms with Crippen LogP contribution in [0.3, 0.4) is 0 Å². The number of cyclic esters (lactones) is 1. The van der Waals surface area contributed by atoms with Crippen LogP contribution in [0.5, 0.6) is 0 Å². The van der Waals surface area contributed by atoms with E-state index in [9.17, 15) is 9.59 Å². The lowest BCUT2D eigenvalue weighted by atomic mass is 10.1. The first-order valence-corrected chi connectivity index (χ1v) is 4.62. The van der Waals surface area contributed by atoms with E-state index in [1.165, 1.54) is 0 Å². The number of esters is 1. The van der Waals surface area contributed by atoms with Gasteiger partial charge in [0.2, 0.25) is 5.91 Å². The Morgan fingerprint density at radius 2 is 2.46 bits per heavy atom. The zero-order valence-corrected chi connectivity index (χ0v) is 8.00. The van der Waals surface area contributed by atoms with E-state index in [0.29, 0.717) is 13.0 Å². The van der Waals surface area contributed by atoms with Crippen molar-refractivity contribution in [2.75, 3.05) is 6.61 Å². The monoisotopic (exact) mass is 185 g/mol. The summed E-state index contributed by atoms with van der Waals surface area (Å²) in [4.78, 5) is 22.3. The third kappa shape index (κ3) is 2.44. The van der Waals surface area contributed by atoms with Crippen molar-refractivity contribution < 1.29 is 14.3 Å². The van der Waals surface area contributed by atoms with Gasteiger partial charge in [0, 0.05) is 12.3 Å². The van der Waals surface area contributed by atoms with Crippen LogP contribution in [0.2, 0.25) is 0 Å². The Balaban J connectivity index is 2.39. The molecule has 13 heavy (non-hydrogen) atoms. The van der Waals surface area contributed by atoms with Crippen LogP contribution in [0.15, 0.2) is 0 Å². The molecule has 1 fully saturated rings. The number of hydrogen-bond acceptors (Lipinski definition) is 3. The van der Waals surface area contributed by atoms with Crippen molar-refractivity contribution in [2.24, 2.45) is 5.92 Å². The lowest BCUT2D eigenvalue weighted by molar-refractivity contribution is -0.141. The minimum Gasteiger partial charge on any atom is -0.464 e. The van der Waals surface area contributed by atoms with Gasteiger partial charge in [0.15, 0.2) is 0 Å². The predicted octanol–water partition coefficient (Wildman–Crippen LogP) is 0.464. The molecule has 74 valence electrons. The highest BCUT2D eigenvalue weighted by Crippen LogP contribution is 2.08. The molecule has 0 aromatic rings. The van der Waals surface area contributed by atoms with Crippen LogP contribution in [0.1, 0.15) is 26.7 Å². The highest BCUT2D eigenvalue weighted by molar-refractivity contribution is 5.86. The normalized spacial score (nSPS) is 23.8. The van der Waals surface area contributed by atoms with Gasteiger partial charge in [-0.2, -0.15) is 0 Å². The number of amides is 1. The van der Waals surface area contributed by atoms with Crippen molar-refractivity contribution in [1.82, 2.24) is 5.32 Å². The molecule has 1 rings (SSSR count). The zero-order valence-electron chi connectivity index (χ0n) is 8.00. The van der Waals surface area contributed by atoms with Crippen molar-refractivity contribution in [3.8, 4) is 0 Å². The Hall–Kier alpha value is -1.06. The molecule has 0 spiro atoms. The number of rotatable bonds is 3. The first kappa shape index (κ1) is 10.0. The van der Waals surface area contributed by atoms with Crippen LogP contribution in [0.4, 0.5) is 0 Å². The molecule has 1 unspecified atom stereocenters. The molecule has 4 heteroatoms. The number of nitrogens with one attached hydrogen (secondary N) is 1. The molecule has 2 atom stereocenters. The summed E-state index contributed by atoms with van der Waals surface area (Å²) in [6, 6.07) is -0.415. The lowest BCUT2D eigenvalue weighted by Gasteiger charge is -2.12. The summed E-state index contributed by atoms with van der Waals surface area (Å²) in [7, 11) is 0. The zero-order chi connectivity index (χ0) is 9.84. The maximum Gasteiger partial charge on any atom is 0.328 e. The predicted molar refractivity (Wildman–Crippen MR) is 47.0 cm³/mol. The molecule has 1 heterocycles. The summed E-state index contributed by atoms with van der Waals surface area (Å²) >= 11 is 0. The Morgan fingerprint density at radius 1 is 1.77 bits per heavy atom. The highest BCUT2D eigenvalue weighted by atomic mass is 16.5. The Labute approximate surface area is 77.6 Å². The molecule has 0 aromatic carbocycles. The highest BCUT2D eigenvalue weighted by Gasteiger charge is 2.28. The van der Waals surface area contributed by atoms with E-state index in [1.807, 2.05) is 13.8 Å². The third-order valence-electron chi connectivity index (χ3n) is 2.31. The first-order valence-electron chi connectivity index (χ1n) is 4.62. The molecule has 4 nitrogen and oxygen atoms in total. The molecule has 0 bridgehead atoms. The molecule has 0 aromatic heterocycles. The fraction of sp³-hybridized carbons (Fsp3) is 0.778. The number of carbonyl (C=O) groups is 2. The van der Waals surface area contributed by atoms with Crippen molar-refractivity contribution in [2.45, 2.75) is 32.7 Å². The van der Waals surface area contributed by atoms with Gasteiger partial charge >= 0.3 is 5.97 Å². The van der Waals surface area contributed by atoms with Gasteiger partial charge < -0.3 is 10.1 Å². The van der Waals surface area contributed by atoms with E-state index >= 15 is 0 Å². The van der Waals surface area contributed by atoms with Crippen LogP contribution in [-0.2, 0) is 14.3 Å². The van der Waals surface area contributed by atoms with Gasteiger partial charge in [-0.25, -0.2) is 4.79 Å². The van der Waals surface area contributed by atoms with Gasteiger partial charge in [0.05, 0.1) is 6.61 Å². The second-order valence-electron chi connectivity index (χ2n) is 3.33. The average molecular weight is 185 g/mol. The minimum absolute atomic E-state index is 0.0339. The molecule has 1 aliphatic rings. The second-order valence-corrected chi connectivity index (χ2v) is 3.33. The van der Waals surface area contributed by atoms with Gasteiger partial charge in [-0.3, -0.25) is 4.79 Å². The molecule has 1 N–H and O–H groups in total. The maximum absolute atomic E-state index is 11.4. The summed E-state index contributed by atoms with van der Waals surface area (Å²) in [5.74, 6) is -0.406. The van der Waals surface area contributed by atoms with E-state index in [0.717, 1.165) is 6.42 Å². The summed E-state index contributed by atoms with van der Waals surface area (Å²) in [5.41, 5.74) is 0. The number of hydrogen-bond donors (Lipinski definition) is 1. The molecular formula is C9H15NO3. The lowest BCUT2D eigenvalue weighted by Crippen LogP contribution is -2.40. The SMILES string of the molecule is CCC(C)C(=O)N[C@H]1CCOC1=O. The number of ether oxygens (including phenoxy) is 1. The maximum atomic E-state index is 11.4. The standard InChI is InChI=1S/C9H15NO3/c1-3-6(2)8(11)10-7-4-5-13-9(7)12/h6-7H,3-5H2,1-2H3,(H,10,11)/t6?,7-/m0/s1. The van der Waals surface area contributed by atoms with E-state index < -0.39 is 6.04 Å². The van der Waals surface area contributed by atoms with Crippen LogP contribution in [0.25, 0.3) is 0 Å². The van der Waals surface area contributed by atoms with Crippen molar-refractivity contribution in [3.63, 3.8) is 0 Å². The number of carbonyl (C=O) groups excluding carboxylic acids is 2. The largest absolute Gasteiger partial charge is 0.464 e. The van der Waals surface area contributed by atoms with Crippen LogP contribution in [0, 0.1) is 5.92 Å². The fourth-order valence-corrected chi connectivity index (χ4v) is 1.13.